The second-order valence-electron chi connectivity index (χ2n) is 11.9. The molecule has 2 aliphatic rings. The van der Waals surface area contributed by atoms with Crippen LogP contribution >= 0.6 is 15.9 Å². The number of amides is 1. The van der Waals surface area contributed by atoms with Crippen LogP contribution in [-0.2, 0) is 20.8 Å². The number of rotatable bonds is 8. The van der Waals surface area contributed by atoms with Crippen molar-refractivity contribution in [2.75, 3.05) is 47.1 Å². The van der Waals surface area contributed by atoms with Crippen molar-refractivity contribution in [1.82, 2.24) is 19.8 Å². The fourth-order valence-electron chi connectivity index (χ4n) is 5.62. The molecule has 0 N–H and O–H groups in total. The molecule has 2 aromatic heterocycles. The molecule has 1 unspecified atom stereocenters. The van der Waals surface area contributed by atoms with Crippen molar-refractivity contribution in [1.29, 1.82) is 0 Å². The summed E-state index contributed by atoms with van der Waals surface area (Å²) in [4.78, 5) is 39.9. The van der Waals surface area contributed by atoms with Gasteiger partial charge in [0.05, 0.1) is 44.1 Å². The van der Waals surface area contributed by atoms with Gasteiger partial charge in [0.2, 0.25) is 5.88 Å². The van der Waals surface area contributed by atoms with Gasteiger partial charge in [-0.05, 0) is 45.7 Å². The van der Waals surface area contributed by atoms with E-state index in [-0.39, 0.29) is 24.6 Å². The maximum atomic E-state index is 13.5. The molecule has 0 saturated carbocycles. The summed E-state index contributed by atoms with van der Waals surface area (Å²) < 4.78 is 28.6. The van der Waals surface area contributed by atoms with E-state index in [0.29, 0.717) is 74.3 Å². The Morgan fingerprint density at radius 1 is 1.09 bits per heavy atom. The minimum absolute atomic E-state index is 0.0807. The summed E-state index contributed by atoms with van der Waals surface area (Å²) in [7, 11) is 2.97. The Kier molecular flexibility index (Phi) is 9.79. The molecule has 3 aromatic rings. The van der Waals surface area contributed by atoms with Crippen LogP contribution in [0.5, 0.6) is 17.4 Å². The van der Waals surface area contributed by atoms with Crippen molar-refractivity contribution in [3.63, 3.8) is 0 Å². The van der Waals surface area contributed by atoms with Gasteiger partial charge in [0, 0.05) is 53.2 Å². The van der Waals surface area contributed by atoms with Crippen LogP contribution in [0.15, 0.2) is 41.0 Å². The molecular formula is C32H39BrN4O7. The van der Waals surface area contributed by atoms with Crippen molar-refractivity contribution in [3.8, 4) is 17.4 Å². The number of nitrogens with zero attached hydrogens (tertiary/aromatic N) is 4. The molecule has 2 aliphatic heterocycles. The number of ether oxygens (including phenoxy) is 5. The predicted molar refractivity (Wildman–Crippen MR) is 167 cm³/mol. The molecule has 5 rings (SSSR count). The van der Waals surface area contributed by atoms with Gasteiger partial charge < -0.3 is 28.6 Å². The standard InChI is InChI=1S/C32H39BrN4O7/c1-32(2,3)44-31(39)37(18-21-16-25-26(17-34-21)43-15-14-42-25)22-10-12-36(13-11-22)19-23(30(38)41-5)28-24(33)8-6-20-7-9-27(40-4)35-29(20)28/h6-9,16-17,22-23H,10-15,18-19H2,1-5H3. The number of fused-ring (bicyclic) bond motifs is 2. The lowest BCUT2D eigenvalue weighted by molar-refractivity contribution is -0.143. The molecule has 0 bridgehead atoms. The summed E-state index contributed by atoms with van der Waals surface area (Å²) in [6.07, 6.45) is 2.64. The molecule has 1 saturated heterocycles. The predicted octanol–water partition coefficient (Wildman–Crippen LogP) is 5.33. The first-order chi connectivity index (χ1) is 21.1. The molecule has 44 heavy (non-hydrogen) atoms. The fraction of sp³-hybridized carbons (Fsp3) is 0.500. The summed E-state index contributed by atoms with van der Waals surface area (Å²) in [5.41, 5.74) is 1.49. The number of carbonyl (C=O) groups excluding carboxylic acids is 2. The van der Waals surface area contributed by atoms with Crippen LogP contribution in [0.25, 0.3) is 10.9 Å². The highest BCUT2D eigenvalue weighted by molar-refractivity contribution is 9.10. The number of methoxy groups -OCH3 is 2. The van der Waals surface area contributed by atoms with Crippen LogP contribution in [0.1, 0.15) is 50.8 Å². The number of pyridine rings is 2. The number of benzene rings is 1. The second kappa shape index (κ2) is 13.6. The molecule has 0 aliphatic carbocycles. The van der Waals surface area contributed by atoms with Gasteiger partial charge >= 0.3 is 12.1 Å². The molecule has 0 spiro atoms. The number of carbonyl (C=O) groups is 2. The lowest BCUT2D eigenvalue weighted by atomic mass is 9.94. The highest BCUT2D eigenvalue weighted by Crippen LogP contribution is 2.35. The Bertz CT molecular complexity index is 1500. The first-order valence-electron chi connectivity index (χ1n) is 14.7. The van der Waals surface area contributed by atoms with Crippen LogP contribution in [0.3, 0.4) is 0 Å². The molecule has 11 nitrogen and oxygen atoms in total. The zero-order valence-corrected chi connectivity index (χ0v) is 27.4. The van der Waals surface area contributed by atoms with Crippen LogP contribution < -0.4 is 14.2 Å². The van der Waals surface area contributed by atoms with Gasteiger partial charge in [-0.15, -0.1) is 0 Å². The van der Waals surface area contributed by atoms with Crippen LogP contribution in [0.2, 0.25) is 0 Å². The molecule has 1 amide bonds. The quantitative estimate of drug-likeness (QED) is 0.292. The van der Waals surface area contributed by atoms with Crippen molar-refractivity contribution >= 4 is 38.9 Å². The largest absolute Gasteiger partial charge is 0.486 e. The van der Waals surface area contributed by atoms with Gasteiger partial charge in [-0.1, -0.05) is 22.0 Å². The van der Waals surface area contributed by atoms with Crippen LogP contribution in [0.4, 0.5) is 4.79 Å². The Morgan fingerprint density at radius 3 is 2.48 bits per heavy atom. The maximum absolute atomic E-state index is 13.5. The number of aromatic nitrogens is 2. The molecule has 0 radical (unpaired) electrons. The fourth-order valence-corrected chi connectivity index (χ4v) is 6.22. The third kappa shape index (κ3) is 7.35. The van der Waals surface area contributed by atoms with Gasteiger partial charge in [-0.3, -0.25) is 14.7 Å². The summed E-state index contributed by atoms with van der Waals surface area (Å²) in [5.74, 6) is 0.767. The zero-order valence-electron chi connectivity index (χ0n) is 25.8. The average Bonchev–Trinajstić information content (AvgIpc) is 3.01. The van der Waals surface area contributed by atoms with E-state index in [1.54, 1.807) is 24.3 Å². The first-order valence-corrected chi connectivity index (χ1v) is 15.5. The van der Waals surface area contributed by atoms with E-state index in [1.807, 2.05) is 45.0 Å². The molecule has 1 fully saturated rings. The summed E-state index contributed by atoms with van der Waals surface area (Å²) in [5, 5.41) is 0.900. The van der Waals surface area contributed by atoms with E-state index in [1.165, 1.54) is 7.11 Å². The van der Waals surface area contributed by atoms with E-state index in [4.69, 9.17) is 23.7 Å². The average molecular weight is 672 g/mol. The smallest absolute Gasteiger partial charge is 0.410 e. The van der Waals surface area contributed by atoms with Gasteiger partial charge in [0.25, 0.3) is 0 Å². The Morgan fingerprint density at radius 2 is 1.80 bits per heavy atom. The third-order valence-electron chi connectivity index (χ3n) is 7.75. The Hall–Kier alpha value is -3.64. The minimum Gasteiger partial charge on any atom is -0.486 e. The van der Waals surface area contributed by atoms with Gasteiger partial charge in [0.15, 0.2) is 11.5 Å². The summed E-state index contributed by atoms with van der Waals surface area (Å²) >= 11 is 3.66. The highest BCUT2D eigenvalue weighted by atomic mass is 79.9. The second-order valence-corrected chi connectivity index (χ2v) is 12.8. The van der Waals surface area contributed by atoms with Crippen LogP contribution in [0, 0.1) is 0 Å². The monoisotopic (exact) mass is 670 g/mol. The van der Waals surface area contributed by atoms with E-state index < -0.39 is 11.5 Å². The Balaban J connectivity index is 1.34. The van der Waals surface area contributed by atoms with Gasteiger partial charge in [0.1, 0.15) is 18.8 Å². The van der Waals surface area contributed by atoms with E-state index in [0.717, 1.165) is 15.4 Å². The summed E-state index contributed by atoms with van der Waals surface area (Å²) in [6, 6.07) is 9.36. The lowest BCUT2D eigenvalue weighted by Gasteiger charge is -2.39. The molecule has 4 heterocycles. The van der Waals surface area contributed by atoms with Gasteiger partial charge in [-0.2, -0.15) is 0 Å². The minimum atomic E-state index is -0.646. The van der Waals surface area contributed by atoms with E-state index >= 15 is 0 Å². The van der Waals surface area contributed by atoms with Crippen molar-refractivity contribution in [3.05, 3.63) is 52.3 Å². The van der Waals surface area contributed by atoms with Crippen molar-refractivity contribution in [2.45, 2.75) is 57.7 Å². The molecule has 236 valence electrons. The van der Waals surface area contributed by atoms with E-state index in [2.05, 4.69) is 30.8 Å². The number of halogens is 1. The SMILES string of the molecule is COC(=O)C(CN1CCC(N(Cc2cc3c(cn2)OCCO3)C(=O)OC(C)(C)C)CC1)c1c(Br)ccc2ccc(OC)nc12. The lowest BCUT2D eigenvalue weighted by Crippen LogP contribution is -2.49. The highest BCUT2D eigenvalue weighted by Gasteiger charge is 2.35. The molecular weight excluding hydrogens is 632 g/mol. The Labute approximate surface area is 265 Å². The molecule has 1 atom stereocenters. The summed E-state index contributed by atoms with van der Waals surface area (Å²) in [6.45, 7) is 8.58. The molecule has 12 heteroatoms. The maximum Gasteiger partial charge on any atom is 0.410 e. The number of esters is 1. The number of hydrogen-bond donors (Lipinski definition) is 0. The van der Waals surface area contributed by atoms with Crippen molar-refractivity contribution < 1.29 is 33.3 Å². The number of piperidine rings is 1. The first kappa shape index (κ1) is 31.8. The van der Waals surface area contributed by atoms with Gasteiger partial charge in [-0.25, -0.2) is 9.78 Å². The van der Waals surface area contributed by atoms with E-state index in [9.17, 15) is 9.59 Å². The third-order valence-corrected chi connectivity index (χ3v) is 8.44. The topological polar surface area (TPSA) is 113 Å². The normalized spacial score (nSPS) is 16.3. The number of hydrogen-bond acceptors (Lipinski definition) is 10. The number of likely N-dealkylation sites (tertiary alicyclic amines) is 1. The van der Waals surface area contributed by atoms with Crippen LogP contribution in [-0.4, -0.2) is 90.5 Å². The zero-order chi connectivity index (χ0) is 31.4. The molecule has 1 aromatic carbocycles. The van der Waals surface area contributed by atoms with Crippen molar-refractivity contribution in [2.24, 2.45) is 0 Å².